The monoisotopic (exact) mass is 235 g/mol. The van der Waals surface area contributed by atoms with E-state index in [-0.39, 0.29) is 11.9 Å². The number of pyridine rings is 1. The van der Waals surface area contributed by atoms with Gasteiger partial charge < -0.3 is 10.6 Å². The molecule has 0 radical (unpaired) electrons. The zero-order chi connectivity index (χ0) is 12.7. The van der Waals surface area contributed by atoms with Crippen LogP contribution < -0.4 is 10.6 Å². The van der Waals surface area contributed by atoms with Gasteiger partial charge in [-0.05, 0) is 31.9 Å². The number of hydrogen-bond acceptors (Lipinski definition) is 3. The topological polar surface area (TPSA) is 54.0 Å². The lowest BCUT2D eigenvalue weighted by Gasteiger charge is -2.14. The Bertz CT molecular complexity index is 365. The number of anilines is 1. The number of nitrogens with one attached hydrogen (secondary N) is 2. The standard InChI is InChI=1S/C13H21N3O/c1-4-8-14-12-11(7-6-9-15-12)13(17)16-10(3)5-2/h6-7,9-10H,4-5,8H2,1-3H3,(H,14,15)(H,16,17). The van der Waals surface area contributed by atoms with Crippen molar-refractivity contribution in [3.8, 4) is 0 Å². The second-order valence-corrected chi connectivity index (χ2v) is 4.11. The van der Waals surface area contributed by atoms with Gasteiger partial charge in [0.05, 0.1) is 5.56 Å². The molecule has 0 fully saturated rings. The summed E-state index contributed by atoms with van der Waals surface area (Å²) < 4.78 is 0. The molecule has 0 aliphatic carbocycles. The SMILES string of the molecule is CCCNc1ncccc1C(=O)NC(C)CC. The first kappa shape index (κ1) is 13.5. The van der Waals surface area contributed by atoms with Gasteiger partial charge in [-0.3, -0.25) is 4.79 Å². The molecule has 1 atom stereocenters. The van der Waals surface area contributed by atoms with Crippen molar-refractivity contribution in [3.05, 3.63) is 23.9 Å². The van der Waals surface area contributed by atoms with Gasteiger partial charge in [0.25, 0.3) is 5.91 Å². The Hall–Kier alpha value is -1.58. The van der Waals surface area contributed by atoms with Gasteiger partial charge in [0.2, 0.25) is 0 Å². The molecule has 0 aliphatic heterocycles. The molecule has 2 N–H and O–H groups in total. The minimum absolute atomic E-state index is 0.0638. The Balaban J connectivity index is 2.77. The van der Waals surface area contributed by atoms with Gasteiger partial charge in [-0.2, -0.15) is 0 Å². The summed E-state index contributed by atoms with van der Waals surface area (Å²) in [5, 5.41) is 6.11. The second-order valence-electron chi connectivity index (χ2n) is 4.11. The quantitative estimate of drug-likeness (QED) is 0.796. The maximum atomic E-state index is 12.0. The van der Waals surface area contributed by atoms with Crippen LogP contribution in [0.3, 0.4) is 0 Å². The maximum Gasteiger partial charge on any atom is 0.255 e. The minimum atomic E-state index is -0.0638. The largest absolute Gasteiger partial charge is 0.369 e. The van der Waals surface area contributed by atoms with E-state index in [1.54, 1.807) is 18.3 Å². The Kier molecular flexibility index (Phi) is 5.46. The summed E-state index contributed by atoms with van der Waals surface area (Å²) in [5.41, 5.74) is 0.612. The van der Waals surface area contributed by atoms with Crippen LogP contribution in [-0.2, 0) is 0 Å². The molecular weight excluding hydrogens is 214 g/mol. The van der Waals surface area contributed by atoms with E-state index in [0.29, 0.717) is 11.4 Å². The maximum absolute atomic E-state index is 12.0. The zero-order valence-electron chi connectivity index (χ0n) is 10.8. The van der Waals surface area contributed by atoms with Gasteiger partial charge in [0.15, 0.2) is 0 Å². The van der Waals surface area contributed by atoms with E-state index in [1.165, 1.54) is 0 Å². The number of carbonyl (C=O) groups is 1. The first-order valence-corrected chi connectivity index (χ1v) is 6.18. The molecule has 0 spiro atoms. The molecule has 1 rings (SSSR count). The molecule has 1 heterocycles. The average Bonchev–Trinajstić information content (AvgIpc) is 2.36. The van der Waals surface area contributed by atoms with E-state index in [0.717, 1.165) is 19.4 Å². The lowest BCUT2D eigenvalue weighted by molar-refractivity contribution is 0.0940. The average molecular weight is 235 g/mol. The number of nitrogens with zero attached hydrogens (tertiary/aromatic N) is 1. The van der Waals surface area contributed by atoms with Gasteiger partial charge in [0.1, 0.15) is 5.82 Å². The number of carbonyl (C=O) groups excluding carboxylic acids is 1. The second kappa shape index (κ2) is 6.89. The van der Waals surface area contributed by atoms with Crippen LogP contribution >= 0.6 is 0 Å². The third kappa shape index (κ3) is 4.06. The Morgan fingerprint density at radius 1 is 1.47 bits per heavy atom. The fraction of sp³-hybridized carbons (Fsp3) is 0.538. The van der Waals surface area contributed by atoms with E-state index in [2.05, 4.69) is 22.5 Å². The molecular formula is C13H21N3O. The summed E-state index contributed by atoms with van der Waals surface area (Å²) in [7, 11) is 0. The molecule has 4 heteroatoms. The van der Waals surface area contributed by atoms with Crippen LogP contribution in [0.5, 0.6) is 0 Å². The summed E-state index contributed by atoms with van der Waals surface area (Å²) in [6.07, 6.45) is 3.62. The molecule has 0 aliphatic rings. The molecule has 0 aromatic carbocycles. The predicted octanol–water partition coefficient (Wildman–Crippen LogP) is 2.43. The number of rotatable bonds is 6. The smallest absolute Gasteiger partial charge is 0.255 e. The number of aromatic nitrogens is 1. The Morgan fingerprint density at radius 3 is 2.88 bits per heavy atom. The third-order valence-corrected chi connectivity index (χ3v) is 2.58. The summed E-state index contributed by atoms with van der Waals surface area (Å²) in [4.78, 5) is 16.2. The van der Waals surface area contributed by atoms with Crippen molar-refractivity contribution >= 4 is 11.7 Å². The molecule has 1 unspecified atom stereocenters. The molecule has 94 valence electrons. The van der Waals surface area contributed by atoms with Crippen molar-refractivity contribution in [3.63, 3.8) is 0 Å². The minimum Gasteiger partial charge on any atom is -0.369 e. The van der Waals surface area contributed by atoms with Crippen molar-refractivity contribution in [2.75, 3.05) is 11.9 Å². The van der Waals surface area contributed by atoms with E-state index in [4.69, 9.17) is 0 Å². The van der Waals surface area contributed by atoms with Crippen LogP contribution in [0.25, 0.3) is 0 Å². The zero-order valence-corrected chi connectivity index (χ0v) is 10.8. The first-order valence-electron chi connectivity index (χ1n) is 6.18. The van der Waals surface area contributed by atoms with Crippen molar-refractivity contribution < 1.29 is 4.79 Å². The van der Waals surface area contributed by atoms with Crippen molar-refractivity contribution in [1.82, 2.24) is 10.3 Å². The van der Waals surface area contributed by atoms with Gasteiger partial charge in [0, 0.05) is 18.8 Å². The lowest BCUT2D eigenvalue weighted by atomic mass is 10.2. The van der Waals surface area contributed by atoms with Gasteiger partial charge in [-0.1, -0.05) is 13.8 Å². The molecule has 1 amide bonds. The Labute approximate surface area is 103 Å². The van der Waals surface area contributed by atoms with Crippen LogP contribution in [0.2, 0.25) is 0 Å². The fourth-order valence-corrected chi connectivity index (χ4v) is 1.38. The normalized spacial score (nSPS) is 11.9. The Morgan fingerprint density at radius 2 is 2.24 bits per heavy atom. The van der Waals surface area contributed by atoms with Crippen LogP contribution in [0.4, 0.5) is 5.82 Å². The van der Waals surface area contributed by atoms with Crippen molar-refractivity contribution in [1.29, 1.82) is 0 Å². The highest BCUT2D eigenvalue weighted by Gasteiger charge is 2.13. The van der Waals surface area contributed by atoms with E-state index in [1.807, 2.05) is 13.8 Å². The molecule has 0 saturated heterocycles. The summed E-state index contributed by atoms with van der Waals surface area (Å²) in [6.45, 7) is 6.94. The summed E-state index contributed by atoms with van der Waals surface area (Å²) >= 11 is 0. The van der Waals surface area contributed by atoms with E-state index >= 15 is 0 Å². The number of amides is 1. The highest BCUT2D eigenvalue weighted by atomic mass is 16.1. The lowest BCUT2D eigenvalue weighted by Crippen LogP contribution is -2.32. The molecule has 1 aromatic rings. The molecule has 17 heavy (non-hydrogen) atoms. The van der Waals surface area contributed by atoms with Gasteiger partial charge >= 0.3 is 0 Å². The van der Waals surface area contributed by atoms with Crippen LogP contribution in [-0.4, -0.2) is 23.5 Å². The molecule has 0 bridgehead atoms. The molecule has 1 aromatic heterocycles. The van der Waals surface area contributed by atoms with Crippen LogP contribution in [0, 0.1) is 0 Å². The van der Waals surface area contributed by atoms with E-state index in [9.17, 15) is 4.79 Å². The third-order valence-electron chi connectivity index (χ3n) is 2.58. The first-order chi connectivity index (χ1) is 8.19. The fourth-order valence-electron chi connectivity index (χ4n) is 1.38. The van der Waals surface area contributed by atoms with Gasteiger partial charge in [-0.25, -0.2) is 4.98 Å². The summed E-state index contributed by atoms with van der Waals surface area (Å²) in [5.74, 6) is 0.598. The van der Waals surface area contributed by atoms with Crippen molar-refractivity contribution in [2.24, 2.45) is 0 Å². The van der Waals surface area contributed by atoms with Gasteiger partial charge in [-0.15, -0.1) is 0 Å². The van der Waals surface area contributed by atoms with Crippen molar-refractivity contribution in [2.45, 2.75) is 39.7 Å². The number of hydrogen-bond donors (Lipinski definition) is 2. The predicted molar refractivity (Wildman–Crippen MR) is 70.2 cm³/mol. The molecule has 0 saturated carbocycles. The van der Waals surface area contributed by atoms with Crippen LogP contribution in [0.1, 0.15) is 44.0 Å². The summed E-state index contributed by atoms with van der Waals surface area (Å²) in [6, 6.07) is 3.76. The highest BCUT2D eigenvalue weighted by Crippen LogP contribution is 2.11. The van der Waals surface area contributed by atoms with E-state index < -0.39 is 0 Å². The highest BCUT2D eigenvalue weighted by molar-refractivity contribution is 5.98. The molecule has 4 nitrogen and oxygen atoms in total. The van der Waals surface area contributed by atoms with Crippen LogP contribution in [0.15, 0.2) is 18.3 Å².